The molecule has 8 heteroatoms. The second kappa shape index (κ2) is 8.92. The topological polar surface area (TPSA) is 105 Å². The molecule has 1 heterocycles. The Morgan fingerprint density at radius 3 is 2.63 bits per heavy atom. The molecule has 0 aromatic heterocycles. The molecule has 1 aliphatic rings. The molecular weight excluding hydrogens is 366 g/mol. The molecule has 0 radical (unpaired) electrons. The Labute approximate surface area is 160 Å². The third kappa shape index (κ3) is 4.81. The Balaban J connectivity index is 1.65. The lowest BCUT2D eigenvalue weighted by Crippen LogP contribution is -2.33. The van der Waals surface area contributed by atoms with E-state index in [0.717, 1.165) is 10.5 Å². The molecule has 0 amide bonds. The average molecular weight is 385 g/mol. The van der Waals surface area contributed by atoms with Crippen molar-refractivity contribution in [3.63, 3.8) is 0 Å². The fraction of sp³-hybridized carbons (Fsp3) is 0.316. The van der Waals surface area contributed by atoms with Gasteiger partial charge in [-0.2, -0.15) is 0 Å². The predicted molar refractivity (Wildman–Crippen MR) is 101 cm³/mol. The van der Waals surface area contributed by atoms with Gasteiger partial charge in [-0.25, -0.2) is 4.79 Å². The molecule has 2 aromatic rings. The van der Waals surface area contributed by atoms with Gasteiger partial charge in [-0.3, -0.25) is 0 Å². The molecule has 0 spiro atoms. The Hall–Kier alpha value is -2.51. The van der Waals surface area contributed by atoms with Gasteiger partial charge in [0, 0.05) is 9.81 Å². The molecule has 1 saturated heterocycles. The number of aliphatic hydroxyl groups excluding tert-OH is 1. The van der Waals surface area contributed by atoms with Crippen LogP contribution in [0.1, 0.15) is 15.9 Å². The van der Waals surface area contributed by atoms with E-state index >= 15 is 0 Å². The molecular formula is C19H19N3O4S. The van der Waals surface area contributed by atoms with Gasteiger partial charge in [0.2, 0.25) is 0 Å². The Morgan fingerprint density at radius 2 is 1.96 bits per heavy atom. The van der Waals surface area contributed by atoms with Crippen molar-refractivity contribution in [3.05, 3.63) is 76.2 Å². The Morgan fingerprint density at radius 1 is 1.26 bits per heavy atom. The summed E-state index contributed by atoms with van der Waals surface area (Å²) in [5.74, 6) is -0.499. The third-order valence-electron chi connectivity index (χ3n) is 4.16. The zero-order valence-electron chi connectivity index (χ0n) is 14.6. The Bertz CT molecular complexity index is 825. The lowest BCUT2D eigenvalue weighted by Gasteiger charge is -2.18. The fourth-order valence-electron chi connectivity index (χ4n) is 2.72. The van der Waals surface area contributed by atoms with Crippen molar-refractivity contribution < 1.29 is 19.4 Å². The van der Waals surface area contributed by atoms with E-state index in [-0.39, 0.29) is 6.61 Å². The van der Waals surface area contributed by atoms with Crippen molar-refractivity contribution in [1.82, 2.24) is 0 Å². The lowest BCUT2D eigenvalue weighted by atomic mass is 10.2. The van der Waals surface area contributed by atoms with E-state index in [4.69, 9.17) is 15.0 Å². The van der Waals surface area contributed by atoms with Gasteiger partial charge in [-0.15, -0.1) is 11.8 Å². The van der Waals surface area contributed by atoms with Crippen molar-refractivity contribution in [2.45, 2.75) is 35.5 Å². The standard InChI is InChI=1S/C19H19N3O4S/c1-12-7-9-14(10-8-12)27-17-16(23)15(26-18(17)21-22-20)11-25-19(24)13-5-3-2-4-6-13/h2-10,15-18,23H,11H2,1H3/t15-,16-,17+,18+/m1/s1. The highest BCUT2D eigenvalue weighted by Crippen LogP contribution is 2.36. The van der Waals surface area contributed by atoms with E-state index in [2.05, 4.69) is 10.0 Å². The molecule has 0 bridgehead atoms. The third-order valence-corrected chi connectivity index (χ3v) is 5.49. The highest BCUT2D eigenvalue weighted by atomic mass is 32.2. The van der Waals surface area contributed by atoms with E-state index in [9.17, 15) is 9.90 Å². The molecule has 140 valence electrons. The number of aliphatic hydroxyl groups is 1. The van der Waals surface area contributed by atoms with Crippen LogP contribution in [0.5, 0.6) is 0 Å². The van der Waals surface area contributed by atoms with E-state index in [1.165, 1.54) is 11.8 Å². The number of aryl methyl sites for hydroxylation is 1. The van der Waals surface area contributed by atoms with Crippen molar-refractivity contribution >= 4 is 17.7 Å². The molecule has 4 atom stereocenters. The SMILES string of the molecule is Cc1ccc(S[C@H]2[C@H](O)[C@@H](COC(=O)c3ccccc3)O[C@@H]2N=[N+]=[N-])cc1. The number of nitrogens with zero attached hydrogens (tertiary/aromatic N) is 3. The molecule has 7 nitrogen and oxygen atoms in total. The number of azide groups is 1. The van der Waals surface area contributed by atoms with Crippen LogP contribution < -0.4 is 0 Å². The highest BCUT2D eigenvalue weighted by molar-refractivity contribution is 8.00. The van der Waals surface area contributed by atoms with Crippen LogP contribution in [0.2, 0.25) is 0 Å². The summed E-state index contributed by atoms with van der Waals surface area (Å²) in [6.45, 7) is 1.86. The first-order valence-corrected chi connectivity index (χ1v) is 9.29. The lowest BCUT2D eigenvalue weighted by molar-refractivity contribution is -0.0319. The maximum absolute atomic E-state index is 12.1. The molecule has 1 aliphatic heterocycles. The first-order chi connectivity index (χ1) is 13.1. The summed E-state index contributed by atoms with van der Waals surface area (Å²) < 4.78 is 10.9. The number of esters is 1. The Kier molecular flexibility index (Phi) is 6.36. The van der Waals surface area contributed by atoms with Gasteiger partial charge in [0.25, 0.3) is 0 Å². The van der Waals surface area contributed by atoms with Crippen molar-refractivity contribution in [3.8, 4) is 0 Å². The predicted octanol–water partition coefficient (Wildman–Crippen LogP) is 3.71. The van der Waals surface area contributed by atoms with Crippen LogP contribution in [-0.2, 0) is 9.47 Å². The fourth-order valence-corrected chi connectivity index (χ4v) is 3.87. The highest BCUT2D eigenvalue weighted by Gasteiger charge is 2.44. The maximum atomic E-state index is 12.1. The van der Waals surface area contributed by atoms with Gasteiger partial charge in [0.15, 0.2) is 6.23 Å². The van der Waals surface area contributed by atoms with Crippen molar-refractivity contribution in [1.29, 1.82) is 0 Å². The van der Waals surface area contributed by atoms with Gasteiger partial charge in [-0.05, 0) is 36.7 Å². The number of benzene rings is 2. The normalized spacial score (nSPS) is 24.2. The molecule has 1 fully saturated rings. The molecule has 0 unspecified atom stereocenters. The first kappa shape index (κ1) is 19.3. The number of hydrogen-bond acceptors (Lipinski definition) is 6. The number of thioether (sulfide) groups is 1. The van der Waals surface area contributed by atoms with E-state index in [0.29, 0.717) is 5.56 Å². The van der Waals surface area contributed by atoms with Crippen LogP contribution in [-0.4, -0.2) is 41.4 Å². The minimum absolute atomic E-state index is 0.128. The maximum Gasteiger partial charge on any atom is 0.338 e. The molecule has 2 aromatic carbocycles. The first-order valence-electron chi connectivity index (χ1n) is 8.41. The number of hydrogen-bond donors (Lipinski definition) is 1. The zero-order chi connectivity index (χ0) is 19.2. The number of ether oxygens (including phenoxy) is 2. The quantitative estimate of drug-likeness (QED) is 0.353. The van der Waals surface area contributed by atoms with Gasteiger partial charge >= 0.3 is 5.97 Å². The van der Waals surface area contributed by atoms with Crippen molar-refractivity contribution in [2.75, 3.05) is 6.61 Å². The van der Waals surface area contributed by atoms with Gasteiger partial charge in [-0.1, -0.05) is 41.0 Å². The van der Waals surface area contributed by atoms with Crippen LogP contribution in [0.25, 0.3) is 10.4 Å². The van der Waals surface area contributed by atoms with Crippen LogP contribution in [0.3, 0.4) is 0 Å². The number of rotatable bonds is 6. The zero-order valence-corrected chi connectivity index (χ0v) is 15.5. The minimum Gasteiger partial charge on any atom is -0.459 e. The summed E-state index contributed by atoms with van der Waals surface area (Å²) in [5.41, 5.74) is 10.3. The molecule has 0 saturated carbocycles. The number of carbonyl (C=O) groups is 1. The molecule has 1 N–H and O–H groups in total. The summed E-state index contributed by atoms with van der Waals surface area (Å²) in [6.07, 6.45) is -2.57. The summed E-state index contributed by atoms with van der Waals surface area (Å²) in [7, 11) is 0. The van der Waals surface area contributed by atoms with Crippen LogP contribution >= 0.6 is 11.8 Å². The minimum atomic E-state index is -0.949. The van der Waals surface area contributed by atoms with E-state index in [1.807, 2.05) is 31.2 Å². The second-order valence-electron chi connectivity index (χ2n) is 6.12. The second-order valence-corrected chi connectivity index (χ2v) is 7.37. The molecule has 3 rings (SSSR count). The van der Waals surface area contributed by atoms with Crippen LogP contribution in [0.4, 0.5) is 0 Å². The monoisotopic (exact) mass is 385 g/mol. The van der Waals surface area contributed by atoms with Gasteiger partial charge in [0.1, 0.15) is 12.7 Å². The summed E-state index contributed by atoms with van der Waals surface area (Å²) in [5, 5.41) is 13.8. The average Bonchev–Trinajstić information content (AvgIpc) is 2.98. The largest absolute Gasteiger partial charge is 0.459 e. The van der Waals surface area contributed by atoms with Crippen LogP contribution in [0, 0.1) is 6.92 Å². The van der Waals surface area contributed by atoms with E-state index < -0.39 is 29.7 Å². The van der Waals surface area contributed by atoms with Gasteiger partial charge < -0.3 is 14.6 Å². The van der Waals surface area contributed by atoms with E-state index in [1.54, 1.807) is 30.3 Å². The van der Waals surface area contributed by atoms with Crippen LogP contribution in [0.15, 0.2) is 64.6 Å². The molecule has 27 heavy (non-hydrogen) atoms. The summed E-state index contributed by atoms with van der Waals surface area (Å²) >= 11 is 1.37. The number of carbonyl (C=O) groups excluding carboxylic acids is 1. The summed E-state index contributed by atoms with van der Waals surface area (Å²) in [4.78, 5) is 15.8. The summed E-state index contributed by atoms with van der Waals surface area (Å²) in [6, 6.07) is 16.4. The molecule has 0 aliphatic carbocycles. The van der Waals surface area contributed by atoms with Crippen molar-refractivity contribution in [2.24, 2.45) is 5.11 Å². The van der Waals surface area contributed by atoms with Gasteiger partial charge in [0.05, 0.1) is 16.9 Å². The smallest absolute Gasteiger partial charge is 0.338 e.